The molecule has 4 rings (SSSR count). The number of aromatic nitrogens is 2. The van der Waals surface area contributed by atoms with Crippen LogP contribution in [0.1, 0.15) is 82.6 Å². The first kappa shape index (κ1) is 33.0. The molecule has 9 nitrogen and oxygen atoms in total. The summed E-state index contributed by atoms with van der Waals surface area (Å²) in [5.41, 5.74) is 5.28. The number of aliphatic hydroxyl groups is 1. The van der Waals surface area contributed by atoms with Crippen LogP contribution in [0.4, 0.5) is 0 Å². The predicted octanol–water partition coefficient (Wildman–Crippen LogP) is 6.21. The molecular weight excluding hydrogens is 581 g/mol. The van der Waals surface area contributed by atoms with E-state index < -0.39 is 20.3 Å². The number of aliphatic hydroxyl groups excluding tert-OH is 1. The highest BCUT2D eigenvalue weighted by atomic mass is 32.1. The number of aryl methyl sites for hydroxylation is 1. The van der Waals surface area contributed by atoms with Gasteiger partial charge in [-0.1, -0.05) is 64.0 Å². The van der Waals surface area contributed by atoms with Crippen LogP contribution in [0.5, 0.6) is 0 Å². The van der Waals surface area contributed by atoms with Crippen molar-refractivity contribution in [3.8, 4) is 10.4 Å². The third kappa shape index (κ3) is 7.27. The molecule has 2 aromatic heterocycles. The van der Waals surface area contributed by atoms with Crippen LogP contribution >= 0.6 is 11.3 Å². The van der Waals surface area contributed by atoms with Gasteiger partial charge in [0.15, 0.2) is 8.32 Å². The van der Waals surface area contributed by atoms with Gasteiger partial charge in [-0.2, -0.15) is 0 Å². The monoisotopic (exact) mass is 626 g/mol. The Morgan fingerprint density at radius 1 is 1.21 bits per heavy atom. The van der Waals surface area contributed by atoms with Crippen LogP contribution in [0.3, 0.4) is 0 Å². The minimum atomic E-state index is -2.16. The zero-order valence-electron chi connectivity index (χ0n) is 26.8. The molecule has 11 heteroatoms. The van der Waals surface area contributed by atoms with Crippen molar-refractivity contribution in [1.29, 1.82) is 0 Å². The van der Waals surface area contributed by atoms with Crippen molar-refractivity contribution >= 4 is 31.5 Å². The second kappa shape index (κ2) is 13.0. The average Bonchev–Trinajstić information content (AvgIpc) is 3.67. The molecule has 2 N–H and O–H groups in total. The van der Waals surface area contributed by atoms with Gasteiger partial charge in [-0.05, 0) is 49.0 Å². The van der Waals surface area contributed by atoms with Gasteiger partial charge >= 0.3 is 0 Å². The Morgan fingerprint density at radius 3 is 2.42 bits per heavy atom. The molecule has 3 heterocycles. The summed E-state index contributed by atoms with van der Waals surface area (Å²) in [6.45, 7) is 18.8. The Balaban J connectivity index is 1.57. The first-order valence-electron chi connectivity index (χ1n) is 15.0. The lowest BCUT2D eigenvalue weighted by Crippen LogP contribution is -2.48. The minimum absolute atomic E-state index is 0.0123. The largest absolute Gasteiger partial charge is 0.412 e. The van der Waals surface area contributed by atoms with Gasteiger partial charge in [0, 0.05) is 19.0 Å². The first-order chi connectivity index (χ1) is 20.1. The summed E-state index contributed by atoms with van der Waals surface area (Å²) in [6.07, 6.45) is 0.164. The van der Waals surface area contributed by atoms with E-state index in [0.29, 0.717) is 24.4 Å². The van der Waals surface area contributed by atoms with E-state index in [2.05, 4.69) is 61.5 Å². The van der Waals surface area contributed by atoms with E-state index in [0.717, 1.165) is 21.7 Å². The first-order valence-corrected chi connectivity index (χ1v) is 18.8. The van der Waals surface area contributed by atoms with Crippen LogP contribution in [-0.4, -0.2) is 59.0 Å². The Labute approximate surface area is 260 Å². The number of likely N-dealkylation sites (tertiary alicyclic amines) is 1. The second-order valence-electron chi connectivity index (χ2n) is 13.5. The van der Waals surface area contributed by atoms with Crippen LogP contribution in [-0.2, 0) is 20.6 Å². The topological polar surface area (TPSA) is 118 Å². The van der Waals surface area contributed by atoms with Gasteiger partial charge in [0.05, 0.1) is 34.8 Å². The van der Waals surface area contributed by atoms with Crippen molar-refractivity contribution < 1.29 is 23.6 Å². The highest BCUT2D eigenvalue weighted by molar-refractivity contribution is 7.13. The lowest BCUT2D eigenvalue weighted by molar-refractivity contribution is -0.141. The standard InChI is InChI=1S/C32H46N4O5SSi/c1-19(2)28(27-14-24(17-37)35-40-27)31(39)36-16-25(41-43(8,9)32(5,6)7)15-26(36)30(38)34-20(3)22-10-12-23(13-11-22)29-21(4)33-18-42-29/h10-14,18-20,25-26,28,37H,15-17H2,1-9H3,(H,34,38)/t20?,25-,26+,28?/m1/s1. The Bertz CT molecular complexity index is 1410. The van der Waals surface area contributed by atoms with E-state index in [-0.39, 0.29) is 41.5 Å². The zero-order valence-corrected chi connectivity index (χ0v) is 28.6. The lowest BCUT2D eigenvalue weighted by Gasteiger charge is -2.38. The molecule has 1 fully saturated rings. The summed E-state index contributed by atoms with van der Waals surface area (Å²) in [6, 6.07) is 8.83. The van der Waals surface area contributed by atoms with Gasteiger partial charge in [0.1, 0.15) is 23.4 Å². The molecule has 0 bridgehead atoms. The second-order valence-corrected chi connectivity index (χ2v) is 19.1. The molecule has 2 amide bonds. The van der Waals surface area contributed by atoms with E-state index in [9.17, 15) is 14.7 Å². The number of nitrogens with one attached hydrogen (secondary N) is 1. The van der Waals surface area contributed by atoms with Gasteiger partial charge < -0.3 is 24.3 Å². The zero-order chi connectivity index (χ0) is 31.7. The highest BCUT2D eigenvalue weighted by Crippen LogP contribution is 2.40. The highest BCUT2D eigenvalue weighted by Gasteiger charge is 2.47. The number of benzene rings is 1. The van der Waals surface area contributed by atoms with E-state index in [4.69, 9.17) is 8.95 Å². The average molecular weight is 627 g/mol. The summed E-state index contributed by atoms with van der Waals surface area (Å²) in [5.74, 6) is -0.776. The van der Waals surface area contributed by atoms with Gasteiger partial charge in [0.25, 0.3) is 0 Å². The maximum absolute atomic E-state index is 14.2. The fourth-order valence-electron chi connectivity index (χ4n) is 5.33. The maximum atomic E-state index is 14.2. The molecule has 0 spiro atoms. The van der Waals surface area contributed by atoms with E-state index in [1.165, 1.54) is 0 Å². The van der Waals surface area contributed by atoms with Crippen LogP contribution in [0, 0.1) is 12.8 Å². The Hall–Kier alpha value is -2.86. The number of carbonyl (C=O) groups is 2. The fraction of sp³-hybridized carbons (Fsp3) is 0.562. The van der Waals surface area contributed by atoms with Crippen molar-refractivity contribution in [3.63, 3.8) is 0 Å². The van der Waals surface area contributed by atoms with Crippen molar-refractivity contribution in [2.45, 2.75) is 104 Å². The number of carbonyl (C=O) groups excluding carboxylic acids is 2. The third-order valence-corrected chi connectivity index (χ3v) is 14.4. The normalized spacial score (nSPS) is 19.1. The molecule has 1 aliphatic rings. The molecule has 3 aromatic rings. The van der Waals surface area contributed by atoms with E-state index in [1.807, 2.05) is 45.3 Å². The van der Waals surface area contributed by atoms with Crippen molar-refractivity contribution in [2.24, 2.45) is 5.92 Å². The number of rotatable bonds is 10. The van der Waals surface area contributed by atoms with Crippen molar-refractivity contribution in [1.82, 2.24) is 20.4 Å². The fourth-order valence-corrected chi connectivity index (χ4v) is 7.50. The Kier molecular flexibility index (Phi) is 10.00. The van der Waals surface area contributed by atoms with Gasteiger partial charge in [-0.3, -0.25) is 9.59 Å². The quantitative estimate of drug-likeness (QED) is 0.257. The smallest absolute Gasteiger partial charge is 0.243 e. The number of hydrogen-bond acceptors (Lipinski definition) is 8. The van der Waals surface area contributed by atoms with Gasteiger partial charge in [-0.15, -0.1) is 11.3 Å². The number of thiazole rings is 1. The molecule has 4 atom stereocenters. The van der Waals surface area contributed by atoms with E-state index in [1.54, 1.807) is 22.3 Å². The Morgan fingerprint density at radius 2 is 1.88 bits per heavy atom. The van der Waals surface area contributed by atoms with Crippen LogP contribution in [0.25, 0.3) is 10.4 Å². The summed E-state index contributed by atoms with van der Waals surface area (Å²) >= 11 is 1.61. The predicted molar refractivity (Wildman–Crippen MR) is 171 cm³/mol. The summed E-state index contributed by atoms with van der Waals surface area (Å²) < 4.78 is 12.2. The van der Waals surface area contributed by atoms with Crippen molar-refractivity contribution in [3.05, 3.63) is 58.6 Å². The number of hydrogen-bond donors (Lipinski definition) is 2. The van der Waals surface area contributed by atoms with E-state index >= 15 is 0 Å². The molecule has 0 saturated carbocycles. The third-order valence-electron chi connectivity index (χ3n) is 8.87. The molecule has 234 valence electrons. The lowest BCUT2D eigenvalue weighted by atomic mass is 9.91. The number of amides is 2. The molecule has 2 unspecified atom stereocenters. The minimum Gasteiger partial charge on any atom is -0.412 e. The maximum Gasteiger partial charge on any atom is 0.243 e. The summed E-state index contributed by atoms with van der Waals surface area (Å²) in [7, 11) is -2.16. The molecule has 1 saturated heterocycles. The molecule has 0 radical (unpaired) electrons. The number of nitrogens with zero attached hydrogens (tertiary/aromatic N) is 3. The molecular formula is C32H46N4O5SSi. The van der Waals surface area contributed by atoms with Crippen LogP contribution in [0.2, 0.25) is 18.1 Å². The van der Waals surface area contributed by atoms with Crippen LogP contribution in [0.15, 0.2) is 40.4 Å². The summed E-state index contributed by atoms with van der Waals surface area (Å²) in [5, 5.41) is 16.6. The SMILES string of the molecule is Cc1ncsc1-c1ccc(C(C)NC(=O)[C@@H]2C[C@@H](O[Si](C)(C)C(C)(C)C)CN2C(=O)C(c2cc(CO)no2)C(C)C)cc1. The summed E-state index contributed by atoms with van der Waals surface area (Å²) in [4.78, 5) is 35.2. The molecule has 43 heavy (non-hydrogen) atoms. The van der Waals surface area contributed by atoms with Gasteiger partial charge in [0.2, 0.25) is 11.8 Å². The molecule has 1 aromatic carbocycles. The van der Waals surface area contributed by atoms with Crippen molar-refractivity contribution in [2.75, 3.05) is 6.54 Å². The van der Waals surface area contributed by atoms with Gasteiger partial charge in [-0.25, -0.2) is 4.98 Å². The molecule has 1 aliphatic heterocycles. The van der Waals surface area contributed by atoms with Crippen LogP contribution < -0.4 is 5.32 Å². The molecule has 0 aliphatic carbocycles.